The quantitative estimate of drug-likeness (QED) is 0.848. The molecule has 1 N–H and O–H groups in total. The molecule has 0 spiro atoms. The van der Waals surface area contributed by atoms with E-state index >= 15 is 0 Å². The SMILES string of the molecule is O=C(Nc1cccc(OCC2CCCO2)c1)c1ccccc1C(F)(F)F. The first-order valence-electron chi connectivity index (χ1n) is 8.25. The molecule has 2 aromatic rings. The van der Waals surface area contributed by atoms with Crippen LogP contribution in [0.2, 0.25) is 0 Å². The van der Waals surface area contributed by atoms with Crippen LogP contribution >= 0.6 is 0 Å². The van der Waals surface area contributed by atoms with Crippen molar-refractivity contribution in [1.29, 1.82) is 0 Å². The minimum Gasteiger partial charge on any atom is -0.491 e. The lowest BCUT2D eigenvalue weighted by Gasteiger charge is -2.14. The van der Waals surface area contributed by atoms with Crippen LogP contribution in [0.1, 0.15) is 28.8 Å². The fourth-order valence-electron chi connectivity index (χ4n) is 2.76. The Hall–Kier alpha value is -2.54. The predicted molar refractivity (Wildman–Crippen MR) is 90.3 cm³/mol. The van der Waals surface area contributed by atoms with E-state index in [1.807, 2.05) is 0 Å². The highest BCUT2D eigenvalue weighted by Gasteiger charge is 2.34. The van der Waals surface area contributed by atoms with Crippen LogP contribution in [0.5, 0.6) is 5.75 Å². The van der Waals surface area contributed by atoms with Gasteiger partial charge in [-0.2, -0.15) is 13.2 Å². The van der Waals surface area contributed by atoms with Gasteiger partial charge in [-0.25, -0.2) is 0 Å². The highest BCUT2D eigenvalue weighted by molar-refractivity contribution is 6.05. The highest BCUT2D eigenvalue weighted by atomic mass is 19.4. The van der Waals surface area contributed by atoms with Gasteiger partial charge in [-0.1, -0.05) is 18.2 Å². The number of alkyl halides is 3. The lowest BCUT2D eigenvalue weighted by Crippen LogP contribution is -2.19. The second-order valence-electron chi connectivity index (χ2n) is 5.97. The maximum atomic E-state index is 13.0. The number of anilines is 1. The van der Waals surface area contributed by atoms with Crippen molar-refractivity contribution in [3.8, 4) is 5.75 Å². The molecule has 1 aliphatic heterocycles. The Morgan fingerprint density at radius 1 is 1.19 bits per heavy atom. The van der Waals surface area contributed by atoms with Gasteiger partial charge in [0.2, 0.25) is 0 Å². The monoisotopic (exact) mass is 365 g/mol. The summed E-state index contributed by atoms with van der Waals surface area (Å²) in [6.45, 7) is 1.12. The molecule has 0 bridgehead atoms. The molecule has 1 fully saturated rings. The Labute approximate surface area is 148 Å². The van der Waals surface area contributed by atoms with Crippen LogP contribution in [0.3, 0.4) is 0 Å². The van der Waals surface area contributed by atoms with Crippen LogP contribution in [0, 0.1) is 0 Å². The van der Waals surface area contributed by atoms with Crippen molar-refractivity contribution >= 4 is 11.6 Å². The predicted octanol–water partition coefficient (Wildman–Crippen LogP) is 4.52. The van der Waals surface area contributed by atoms with Gasteiger partial charge in [0.15, 0.2) is 0 Å². The van der Waals surface area contributed by atoms with Crippen molar-refractivity contribution in [1.82, 2.24) is 0 Å². The van der Waals surface area contributed by atoms with Gasteiger partial charge in [-0.05, 0) is 37.1 Å². The normalized spacial score (nSPS) is 17.1. The summed E-state index contributed by atoms with van der Waals surface area (Å²) < 4.78 is 50.3. The Balaban J connectivity index is 1.69. The average Bonchev–Trinajstić information content (AvgIpc) is 3.13. The van der Waals surface area contributed by atoms with E-state index in [1.54, 1.807) is 24.3 Å². The average molecular weight is 365 g/mol. The number of amides is 1. The molecular weight excluding hydrogens is 347 g/mol. The zero-order valence-electron chi connectivity index (χ0n) is 13.9. The number of ether oxygens (including phenoxy) is 2. The van der Waals surface area contributed by atoms with Gasteiger partial charge >= 0.3 is 6.18 Å². The van der Waals surface area contributed by atoms with E-state index < -0.39 is 23.2 Å². The molecule has 4 nitrogen and oxygen atoms in total. The van der Waals surface area contributed by atoms with E-state index in [-0.39, 0.29) is 6.10 Å². The summed E-state index contributed by atoms with van der Waals surface area (Å²) in [6.07, 6.45) is -2.61. The number of rotatable bonds is 5. The van der Waals surface area contributed by atoms with Crippen LogP contribution in [0.15, 0.2) is 48.5 Å². The van der Waals surface area contributed by atoms with Crippen LogP contribution < -0.4 is 10.1 Å². The molecule has 1 unspecified atom stereocenters. The van der Waals surface area contributed by atoms with Crippen molar-refractivity contribution in [3.05, 3.63) is 59.7 Å². The van der Waals surface area contributed by atoms with Crippen molar-refractivity contribution < 1.29 is 27.4 Å². The largest absolute Gasteiger partial charge is 0.491 e. The van der Waals surface area contributed by atoms with Gasteiger partial charge in [0, 0.05) is 18.4 Å². The zero-order chi connectivity index (χ0) is 18.6. The van der Waals surface area contributed by atoms with Gasteiger partial charge < -0.3 is 14.8 Å². The molecule has 0 aromatic heterocycles. The van der Waals surface area contributed by atoms with Crippen LogP contribution in [-0.2, 0) is 10.9 Å². The highest BCUT2D eigenvalue weighted by Crippen LogP contribution is 2.32. The summed E-state index contributed by atoms with van der Waals surface area (Å²) in [5, 5.41) is 2.49. The maximum absolute atomic E-state index is 13.0. The Morgan fingerprint density at radius 2 is 2.00 bits per heavy atom. The first kappa shape index (κ1) is 18.3. The van der Waals surface area contributed by atoms with E-state index in [4.69, 9.17) is 9.47 Å². The third kappa shape index (κ3) is 4.54. The van der Waals surface area contributed by atoms with Gasteiger partial charge in [0.05, 0.1) is 17.2 Å². The summed E-state index contributed by atoms with van der Waals surface area (Å²) in [4.78, 5) is 12.3. The lowest BCUT2D eigenvalue weighted by atomic mass is 10.1. The minimum atomic E-state index is -4.60. The lowest BCUT2D eigenvalue weighted by molar-refractivity contribution is -0.137. The van der Waals surface area contributed by atoms with Gasteiger partial charge in [0.1, 0.15) is 12.4 Å². The fraction of sp³-hybridized carbons (Fsp3) is 0.316. The van der Waals surface area contributed by atoms with Crippen molar-refractivity contribution in [2.45, 2.75) is 25.1 Å². The second kappa shape index (κ2) is 7.78. The zero-order valence-corrected chi connectivity index (χ0v) is 13.9. The second-order valence-corrected chi connectivity index (χ2v) is 5.97. The van der Waals surface area contributed by atoms with Crippen LogP contribution in [0.4, 0.5) is 18.9 Å². The van der Waals surface area contributed by atoms with Crippen LogP contribution in [0.25, 0.3) is 0 Å². The Morgan fingerprint density at radius 3 is 2.73 bits per heavy atom. The molecule has 2 aromatic carbocycles. The standard InChI is InChI=1S/C19H18F3NO3/c20-19(21,22)17-9-2-1-8-16(17)18(24)23-13-5-3-6-14(11-13)26-12-15-7-4-10-25-15/h1-3,5-6,8-9,11,15H,4,7,10,12H2,(H,23,24). The molecule has 0 aliphatic carbocycles. The van der Waals surface area contributed by atoms with E-state index in [2.05, 4.69) is 5.32 Å². The fourth-order valence-corrected chi connectivity index (χ4v) is 2.76. The summed E-state index contributed by atoms with van der Waals surface area (Å²) in [6, 6.07) is 11.2. The molecule has 7 heteroatoms. The molecule has 1 amide bonds. The molecular formula is C19H18F3NO3. The molecule has 0 saturated carbocycles. The number of carbonyl (C=O) groups is 1. The number of nitrogens with one attached hydrogen (secondary N) is 1. The van der Waals surface area contributed by atoms with E-state index in [0.29, 0.717) is 18.0 Å². The van der Waals surface area contributed by atoms with Gasteiger partial charge in [-0.15, -0.1) is 0 Å². The van der Waals surface area contributed by atoms with E-state index in [1.165, 1.54) is 12.1 Å². The number of carbonyl (C=O) groups excluding carboxylic acids is 1. The Bertz CT molecular complexity index is 771. The number of hydrogen-bond acceptors (Lipinski definition) is 3. The molecule has 1 heterocycles. The van der Waals surface area contributed by atoms with Gasteiger partial charge in [-0.3, -0.25) is 4.79 Å². The number of benzene rings is 2. The van der Waals surface area contributed by atoms with Crippen LogP contribution in [-0.4, -0.2) is 25.2 Å². The van der Waals surface area contributed by atoms with E-state index in [9.17, 15) is 18.0 Å². The minimum absolute atomic E-state index is 0.0481. The summed E-state index contributed by atoms with van der Waals surface area (Å²) in [5.74, 6) is -0.309. The first-order valence-corrected chi connectivity index (χ1v) is 8.25. The van der Waals surface area contributed by atoms with Crippen molar-refractivity contribution in [2.75, 3.05) is 18.5 Å². The molecule has 1 atom stereocenters. The third-order valence-electron chi connectivity index (χ3n) is 4.03. The third-order valence-corrected chi connectivity index (χ3v) is 4.03. The summed E-state index contributed by atoms with van der Waals surface area (Å²) >= 11 is 0. The summed E-state index contributed by atoms with van der Waals surface area (Å²) in [7, 11) is 0. The van der Waals surface area contributed by atoms with Crippen molar-refractivity contribution in [2.24, 2.45) is 0 Å². The molecule has 3 rings (SSSR count). The van der Waals surface area contributed by atoms with Crippen molar-refractivity contribution in [3.63, 3.8) is 0 Å². The molecule has 1 saturated heterocycles. The molecule has 1 aliphatic rings. The first-order chi connectivity index (χ1) is 12.4. The molecule has 138 valence electrons. The number of halogens is 3. The summed E-state index contributed by atoms with van der Waals surface area (Å²) in [5.41, 5.74) is -1.04. The van der Waals surface area contributed by atoms with E-state index in [0.717, 1.165) is 31.6 Å². The maximum Gasteiger partial charge on any atom is 0.417 e. The van der Waals surface area contributed by atoms with Gasteiger partial charge in [0.25, 0.3) is 5.91 Å². The molecule has 0 radical (unpaired) electrons. The smallest absolute Gasteiger partial charge is 0.417 e. The topological polar surface area (TPSA) is 47.6 Å². The molecule has 26 heavy (non-hydrogen) atoms. The Kier molecular flexibility index (Phi) is 5.46. The number of hydrogen-bond donors (Lipinski definition) is 1.